The number of aromatic amines is 1. The number of aromatic nitrogens is 4. The molecular formula is C29H20F3N5O3S. The Balaban J connectivity index is 1.39. The van der Waals surface area contributed by atoms with Gasteiger partial charge in [0.15, 0.2) is 5.82 Å². The average Bonchev–Trinajstić information content (AvgIpc) is 3.49. The van der Waals surface area contributed by atoms with Crippen LogP contribution in [0.4, 0.5) is 18.9 Å². The fourth-order valence-corrected chi connectivity index (χ4v) is 5.75. The molecule has 0 aliphatic carbocycles. The third kappa shape index (κ3) is 4.51. The standard InChI is InChI=1S/C29H20F3N5O3S/c1-15-35-24-11-16(6-9-25(24)37(15)2)17-10-20-21(14-34-29(20)33-13-17)28(38)26-22(31)7-8-23(27(26)32)36-41(39,40)19-5-3-4-18(30)12-19/h3-14,36H,1-2H3,(H,33,34). The number of sulfonamides is 1. The second-order valence-corrected chi connectivity index (χ2v) is 11.1. The molecule has 6 rings (SSSR count). The zero-order valence-electron chi connectivity index (χ0n) is 21.5. The zero-order chi connectivity index (χ0) is 29.1. The first-order chi connectivity index (χ1) is 19.5. The molecule has 0 saturated heterocycles. The summed E-state index contributed by atoms with van der Waals surface area (Å²) < 4.78 is 73.3. The maximum Gasteiger partial charge on any atom is 0.262 e. The Morgan fingerprint density at radius 1 is 1.00 bits per heavy atom. The third-order valence-electron chi connectivity index (χ3n) is 6.88. The normalized spacial score (nSPS) is 11.8. The highest BCUT2D eigenvalue weighted by Crippen LogP contribution is 2.31. The number of H-pyrrole nitrogens is 1. The second kappa shape index (κ2) is 9.59. The van der Waals surface area contributed by atoms with Crippen LogP contribution in [0.3, 0.4) is 0 Å². The van der Waals surface area contributed by atoms with E-state index in [1.165, 1.54) is 12.3 Å². The summed E-state index contributed by atoms with van der Waals surface area (Å²) in [6, 6.07) is 13.1. The maximum absolute atomic E-state index is 15.5. The number of pyridine rings is 1. The number of ketones is 1. The average molecular weight is 576 g/mol. The summed E-state index contributed by atoms with van der Waals surface area (Å²) in [5, 5.41) is 0.314. The van der Waals surface area contributed by atoms with Crippen molar-refractivity contribution in [2.24, 2.45) is 7.05 Å². The molecule has 3 aromatic heterocycles. The number of aryl methyl sites for hydroxylation is 2. The number of fused-ring (bicyclic) bond motifs is 2. The Bertz CT molecular complexity index is 2140. The lowest BCUT2D eigenvalue weighted by Crippen LogP contribution is -2.16. The van der Waals surface area contributed by atoms with Gasteiger partial charge in [-0.15, -0.1) is 0 Å². The molecule has 0 atom stereocenters. The first kappa shape index (κ1) is 26.3. The molecule has 0 fully saturated rings. The van der Waals surface area contributed by atoms with Crippen LogP contribution < -0.4 is 4.72 Å². The Labute approximate surface area is 231 Å². The molecule has 0 radical (unpaired) electrons. The molecule has 2 N–H and O–H groups in total. The van der Waals surface area contributed by atoms with Gasteiger partial charge in [-0.3, -0.25) is 9.52 Å². The smallest absolute Gasteiger partial charge is 0.262 e. The van der Waals surface area contributed by atoms with E-state index in [-0.39, 0.29) is 5.56 Å². The Hall–Kier alpha value is -4.97. The molecular weight excluding hydrogens is 555 g/mol. The molecule has 41 heavy (non-hydrogen) atoms. The van der Waals surface area contributed by atoms with Gasteiger partial charge in [-0.05, 0) is 61.0 Å². The summed E-state index contributed by atoms with van der Waals surface area (Å²) in [5.74, 6) is -3.59. The summed E-state index contributed by atoms with van der Waals surface area (Å²) in [6.07, 6.45) is 2.89. The van der Waals surface area contributed by atoms with Crippen LogP contribution in [0.1, 0.15) is 21.7 Å². The fraction of sp³-hybridized carbons (Fsp3) is 0.0690. The topological polar surface area (TPSA) is 110 Å². The van der Waals surface area contributed by atoms with Gasteiger partial charge in [-0.1, -0.05) is 12.1 Å². The van der Waals surface area contributed by atoms with E-state index in [4.69, 9.17) is 0 Å². The number of imidazole rings is 1. The lowest BCUT2D eigenvalue weighted by Gasteiger charge is -2.12. The van der Waals surface area contributed by atoms with E-state index in [1.54, 1.807) is 12.3 Å². The summed E-state index contributed by atoms with van der Waals surface area (Å²) in [5.41, 5.74) is 1.76. The fourth-order valence-electron chi connectivity index (χ4n) is 4.66. The van der Waals surface area contributed by atoms with E-state index in [1.807, 2.05) is 41.5 Å². The molecule has 0 unspecified atom stereocenters. The maximum atomic E-state index is 15.5. The number of carbonyl (C=O) groups is 1. The van der Waals surface area contributed by atoms with Crippen molar-refractivity contribution >= 4 is 43.6 Å². The summed E-state index contributed by atoms with van der Waals surface area (Å²) >= 11 is 0. The molecule has 0 aliphatic rings. The Morgan fingerprint density at radius 3 is 2.59 bits per heavy atom. The van der Waals surface area contributed by atoms with Crippen molar-refractivity contribution in [1.29, 1.82) is 0 Å². The van der Waals surface area contributed by atoms with Gasteiger partial charge in [0.05, 0.1) is 27.2 Å². The quantitative estimate of drug-likeness (QED) is 0.241. The first-order valence-electron chi connectivity index (χ1n) is 12.2. The second-order valence-electron chi connectivity index (χ2n) is 9.42. The minimum Gasteiger partial charge on any atom is -0.345 e. The molecule has 12 heteroatoms. The Kier molecular flexibility index (Phi) is 6.14. The van der Waals surface area contributed by atoms with Crippen molar-refractivity contribution in [2.45, 2.75) is 11.8 Å². The van der Waals surface area contributed by atoms with E-state index in [2.05, 4.69) is 15.0 Å². The predicted octanol–water partition coefficient (Wildman–Crippen LogP) is 5.87. The highest BCUT2D eigenvalue weighted by molar-refractivity contribution is 7.92. The number of nitrogens with one attached hydrogen (secondary N) is 2. The number of anilines is 1. The van der Waals surface area contributed by atoms with Crippen LogP contribution in [-0.4, -0.2) is 33.7 Å². The van der Waals surface area contributed by atoms with Crippen molar-refractivity contribution in [3.63, 3.8) is 0 Å². The highest BCUT2D eigenvalue weighted by Gasteiger charge is 2.27. The molecule has 3 aromatic carbocycles. The van der Waals surface area contributed by atoms with E-state index in [9.17, 15) is 22.0 Å². The lowest BCUT2D eigenvalue weighted by atomic mass is 9.99. The van der Waals surface area contributed by atoms with Crippen molar-refractivity contribution < 1.29 is 26.4 Å². The van der Waals surface area contributed by atoms with Crippen LogP contribution in [0.5, 0.6) is 0 Å². The lowest BCUT2D eigenvalue weighted by molar-refractivity contribution is 0.103. The van der Waals surface area contributed by atoms with E-state index < -0.39 is 49.4 Å². The van der Waals surface area contributed by atoms with Gasteiger partial charge < -0.3 is 9.55 Å². The van der Waals surface area contributed by atoms with Crippen LogP contribution in [0.2, 0.25) is 0 Å². The molecule has 0 spiro atoms. The number of carbonyl (C=O) groups excluding carboxylic acids is 1. The van der Waals surface area contributed by atoms with Crippen molar-refractivity contribution in [1.82, 2.24) is 19.5 Å². The van der Waals surface area contributed by atoms with Gasteiger partial charge in [0, 0.05) is 36.0 Å². The van der Waals surface area contributed by atoms with E-state index in [0.717, 1.165) is 52.8 Å². The van der Waals surface area contributed by atoms with Crippen molar-refractivity contribution in [3.8, 4) is 11.1 Å². The number of nitrogens with zero attached hydrogens (tertiary/aromatic N) is 3. The molecule has 206 valence electrons. The van der Waals surface area contributed by atoms with Crippen LogP contribution in [0.15, 0.2) is 78.0 Å². The van der Waals surface area contributed by atoms with Crippen molar-refractivity contribution in [3.05, 3.63) is 107 Å². The minimum atomic E-state index is -4.44. The summed E-state index contributed by atoms with van der Waals surface area (Å²) in [4.78, 5) is 24.8. The molecule has 0 saturated carbocycles. The van der Waals surface area contributed by atoms with Crippen LogP contribution >= 0.6 is 0 Å². The van der Waals surface area contributed by atoms with Crippen LogP contribution in [-0.2, 0) is 17.1 Å². The molecule has 0 amide bonds. The molecule has 3 heterocycles. The third-order valence-corrected chi connectivity index (χ3v) is 8.25. The highest BCUT2D eigenvalue weighted by atomic mass is 32.2. The molecule has 6 aromatic rings. The van der Waals surface area contributed by atoms with Gasteiger partial charge in [-0.25, -0.2) is 31.6 Å². The predicted molar refractivity (Wildman–Crippen MR) is 148 cm³/mol. The van der Waals surface area contributed by atoms with Gasteiger partial charge in [-0.2, -0.15) is 0 Å². The van der Waals surface area contributed by atoms with E-state index in [0.29, 0.717) is 16.6 Å². The molecule has 0 bridgehead atoms. The number of hydrogen-bond acceptors (Lipinski definition) is 5. The number of halogens is 3. The van der Waals surface area contributed by atoms with Crippen LogP contribution in [0, 0.1) is 24.4 Å². The number of rotatable bonds is 6. The van der Waals surface area contributed by atoms with Gasteiger partial charge in [0.1, 0.15) is 23.1 Å². The zero-order valence-corrected chi connectivity index (χ0v) is 22.4. The SMILES string of the molecule is Cc1nc2cc(-c3cnc4[nH]cc(C(=O)c5c(F)ccc(NS(=O)(=O)c6cccc(F)c6)c5F)c4c3)ccc2n1C. The van der Waals surface area contributed by atoms with Gasteiger partial charge in [0.25, 0.3) is 10.0 Å². The first-order valence-corrected chi connectivity index (χ1v) is 13.7. The Morgan fingerprint density at radius 2 is 1.80 bits per heavy atom. The number of hydrogen-bond donors (Lipinski definition) is 2. The van der Waals surface area contributed by atoms with Gasteiger partial charge in [0.2, 0.25) is 5.78 Å². The summed E-state index contributed by atoms with van der Waals surface area (Å²) in [7, 11) is -2.53. The van der Waals surface area contributed by atoms with Gasteiger partial charge >= 0.3 is 0 Å². The number of benzene rings is 3. The monoisotopic (exact) mass is 575 g/mol. The van der Waals surface area contributed by atoms with Crippen molar-refractivity contribution in [2.75, 3.05) is 4.72 Å². The minimum absolute atomic E-state index is 0.0629. The van der Waals surface area contributed by atoms with E-state index >= 15 is 4.39 Å². The molecule has 8 nitrogen and oxygen atoms in total. The summed E-state index contributed by atoms with van der Waals surface area (Å²) in [6.45, 7) is 1.89. The molecule has 0 aliphatic heterocycles. The van der Waals surface area contributed by atoms with Crippen LogP contribution in [0.25, 0.3) is 33.2 Å². The largest absolute Gasteiger partial charge is 0.345 e.